The van der Waals surface area contributed by atoms with Gasteiger partial charge in [0.1, 0.15) is 0 Å². The van der Waals surface area contributed by atoms with Crippen molar-refractivity contribution in [2.75, 3.05) is 0 Å². The van der Waals surface area contributed by atoms with Crippen LogP contribution in [0.3, 0.4) is 0 Å². The Morgan fingerprint density at radius 1 is 0.750 bits per heavy atom. The molecule has 0 unspecified atom stereocenters. The lowest BCUT2D eigenvalue weighted by atomic mass is 9.98. The van der Waals surface area contributed by atoms with Gasteiger partial charge in [-0.2, -0.15) is 26.3 Å². The van der Waals surface area contributed by atoms with Crippen LogP contribution in [0.25, 0.3) is 11.1 Å². The standard InChI is InChI=1S/C14H7F6/c15-13(16,17)10-7-5-9(6-8-10)11-3-1-2-4-12(11)14(18,19)20/h1-3,5-8H. The van der Waals surface area contributed by atoms with E-state index in [1.54, 1.807) is 0 Å². The number of hydrogen-bond acceptors (Lipinski definition) is 0. The van der Waals surface area contributed by atoms with Gasteiger partial charge in [-0.1, -0.05) is 30.3 Å². The molecule has 0 aromatic heterocycles. The average Bonchev–Trinajstić information content (AvgIpc) is 2.37. The zero-order valence-corrected chi connectivity index (χ0v) is 9.81. The Morgan fingerprint density at radius 2 is 1.35 bits per heavy atom. The summed E-state index contributed by atoms with van der Waals surface area (Å²) < 4.78 is 75.6. The largest absolute Gasteiger partial charge is 0.417 e. The maximum Gasteiger partial charge on any atom is 0.417 e. The van der Waals surface area contributed by atoms with Gasteiger partial charge < -0.3 is 0 Å². The molecular weight excluding hydrogens is 282 g/mol. The maximum atomic E-state index is 12.8. The van der Waals surface area contributed by atoms with Crippen LogP contribution in [-0.4, -0.2) is 0 Å². The lowest BCUT2D eigenvalue weighted by Crippen LogP contribution is -2.07. The zero-order valence-electron chi connectivity index (χ0n) is 9.81. The van der Waals surface area contributed by atoms with Crippen molar-refractivity contribution < 1.29 is 26.3 Å². The lowest BCUT2D eigenvalue weighted by molar-refractivity contribution is -0.138. The maximum absolute atomic E-state index is 12.8. The minimum Gasteiger partial charge on any atom is -0.166 e. The van der Waals surface area contributed by atoms with Gasteiger partial charge >= 0.3 is 12.4 Å². The normalized spacial score (nSPS) is 12.5. The summed E-state index contributed by atoms with van der Waals surface area (Å²) in [5, 5.41) is 0. The molecule has 0 saturated carbocycles. The molecule has 0 nitrogen and oxygen atoms in total. The molecule has 0 spiro atoms. The quantitative estimate of drug-likeness (QED) is 0.634. The summed E-state index contributed by atoms with van der Waals surface area (Å²) >= 11 is 0. The first kappa shape index (κ1) is 14.4. The van der Waals surface area contributed by atoms with Crippen molar-refractivity contribution >= 4 is 0 Å². The predicted molar refractivity (Wildman–Crippen MR) is 60.7 cm³/mol. The summed E-state index contributed by atoms with van der Waals surface area (Å²) in [7, 11) is 0. The molecule has 20 heavy (non-hydrogen) atoms. The van der Waals surface area contributed by atoms with Gasteiger partial charge in [0.25, 0.3) is 0 Å². The fraction of sp³-hybridized carbons (Fsp3) is 0.143. The van der Waals surface area contributed by atoms with Crippen molar-refractivity contribution in [1.82, 2.24) is 0 Å². The fourth-order valence-corrected chi connectivity index (χ4v) is 1.75. The smallest absolute Gasteiger partial charge is 0.166 e. The van der Waals surface area contributed by atoms with E-state index < -0.39 is 23.5 Å². The molecule has 105 valence electrons. The second kappa shape index (κ2) is 4.85. The first-order valence-electron chi connectivity index (χ1n) is 5.45. The van der Waals surface area contributed by atoms with Crippen molar-refractivity contribution in [3.8, 4) is 11.1 Å². The Morgan fingerprint density at radius 3 is 1.85 bits per heavy atom. The Hall–Kier alpha value is -1.98. The van der Waals surface area contributed by atoms with E-state index in [1.807, 2.05) is 0 Å². The third-order valence-electron chi connectivity index (χ3n) is 2.66. The van der Waals surface area contributed by atoms with Crippen molar-refractivity contribution in [2.24, 2.45) is 0 Å². The molecule has 6 heteroatoms. The molecule has 0 aliphatic rings. The van der Waals surface area contributed by atoms with Gasteiger partial charge in [-0.25, -0.2) is 0 Å². The summed E-state index contributed by atoms with van der Waals surface area (Å²) in [5.74, 6) is 0. The Bertz CT molecular complexity index is 592. The monoisotopic (exact) mass is 289 g/mol. The minimum atomic E-state index is -4.61. The molecule has 1 radical (unpaired) electrons. The highest BCUT2D eigenvalue weighted by Crippen LogP contribution is 2.37. The molecule has 0 bridgehead atoms. The Labute approximate surface area is 110 Å². The van der Waals surface area contributed by atoms with Gasteiger partial charge in [0.15, 0.2) is 0 Å². The van der Waals surface area contributed by atoms with E-state index in [2.05, 4.69) is 6.07 Å². The molecule has 0 saturated heterocycles. The fourth-order valence-electron chi connectivity index (χ4n) is 1.75. The molecule has 0 fully saturated rings. The number of hydrogen-bond donors (Lipinski definition) is 0. The van der Waals surface area contributed by atoms with E-state index in [9.17, 15) is 26.3 Å². The summed E-state index contributed by atoms with van der Waals surface area (Å²) in [4.78, 5) is 0. The van der Waals surface area contributed by atoms with E-state index in [4.69, 9.17) is 0 Å². The SMILES string of the molecule is FC(F)(F)c1ccc(-c2ccc[c]c2C(F)(F)F)cc1. The van der Waals surface area contributed by atoms with E-state index in [1.165, 1.54) is 12.1 Å². The van der Waals surface area contributed by atoms with E-state index in [0.29, 0.717) is 0 Å². The first-order valence-corrected chi connectivity index (χ1v) is 5.45. The van der Waals surface area contributed by atoms with Crippen molar-refractivity contribution in [2.45, 2.75) is 12.4 Å². The van der Waals surface area contributed by atoms with Crippen LogP contribution < -0.4 is 0 Å². The van der Waals surface area contributed by atoms with Crippen LogP contribution in [-0.2, 0) is 12.4 Å². The summed E-state index contributed by atoms with van der Waals surface area (Å²) in [6, 6.07) is 9.26. The molecule has 0 aliphatic heterocycles. The molecule has 2 aromatic carbocycles. The highest BCUT2D eigenvalue weighted by Gasteiger charge is 2.34. The topological polar surface area (TPSA) is 0 Å². The molecule has 2 rings (SSSR count). The highest BCUT2D eigenvalue weighted by molar-refractivity contribution is 5.68. The molecule has 0 N–H and O–H groups in total. The molecule has 0 heterocycles. The van der Waals surface area contributed by atoms with Gasteiger partial charge in [0.2, 0.25) is 0 Å². The number of alkyl halides is 6. The molecule has 2 aromatic rings. The third kappa shape index (κ3) is 2.95. The second-order valence-corrected chi connectivity index (χ2v) is 4.03. The summed E-state index contributed by atoms with van der Waals surface area (Å²) in [6.07, 6.45) is -9.13. The molecule has 0 amide bonds. The highest BCUT2D eigenvalue weighted by atomic mass is 19.4. The summed E-state index contributed by atoms with van der Waals surface area (Å²) in [5.41, 5.74) is -2.05. The van der Waals surface area contributed by atoms with Gasteiger partial charge in [-0.3, -0.25) is 0 Å². The van der Waals surface area contributed by atoms with Crippen LogP contribution in [0.5, 0.6) is 0 Å². The van der Waals surface area contributed by atoms with Crippen LogP contribution in [0, 0.1) is 6.07 Å². The minimum absolute atomic E-state index is 0.0576. The molecular formula is C14H7F6. The van der Waals surface area contributed by atoms with Gasteiger partial charge in [-0.05, 0) is 29.3 Å². The van der Waals surface area contributed by atoms with Gasteiger partial charge in [0.05, 0.1) is 11.1 Å². The summed E-state index contributed by atoms with van der Waals surface area (Å²) in [6.45, 7) is 0. The molecule has 0 aliphatic carbocycles. The van der Waals surface area contributed by atoms with E-state index in [-0.39, 0.29) is 11.1 Å². The van der Waals surface area contributed by atoms with E-state index in [0.717, 1.165) is 30.3 Å². The van der Waals surface area contributed by atoms with Crippen molar-refractivity contribution in [3.05, 3.63) is 59.7 Å². The Kier molecular flexibility index (Phi) is 3.50. The lowest BCUT2D eigenvalue weighted by Gasteiger charge is -2.13. The van der Waals surface area contributed by atoms with Crippen molar-refractivity contribution in [1.29, 1.82) is 0 Å². The third-order valence-corrected chi connectivity index (χ3v) is 2.66. The van der Waals surface area contributed by atoms with E-state index >= 15 is 0 Å². The van der Waals surface area contributed by atoms with Crippen LogP contribution in [0.15, 0.2) is 42.5 Å². The van der Waals surface area contributed by atoms with Crippen LogP contribution in [0.1, 0.15) is 11.1 Å². The van der Waals surface area contributed by atoms with Crippen LogP contribution >= 0.6 is 0 Å². The zero-order chi connectivity index (χ0) is 15.0. The predicted octanol–water partition coefficient (Wildman–Crippen LogP) is 5.19. The number of halogens is 6. The van der Waals surface area contributed by atoms with Crippen LogP contribution in [0.4, 0.5) is 26.3 Å². The Balaban J connectivity index is 2.48. The van der Waals surface area contributed by atoms with Crippen molar-refractivity contribution in [3.63, 3.8) is 0 Å². The number of benzene rings is 2. The van der Waals surface area contributed by atoms with Crippen LogP contribution in [0.2, 0.25) is 0 Å². The van der Waals surface area contributed by atoms with Gasteiger partial charge in [-0.15, -0.1) is 0 Å². The number of rotatable bonds is 1. The second-order valence-electron chi connectivity index (χ2n) is 4.03. The first-order chi connectivity index (χ1) is 9.19. The molecule has 0 atom stereocenters. The average molecular weight is 289 g/mol. The van der Waals surface area contributed by atoms with Gasteiger partial charge in [0, 0.05) is 0 Å².